The van der Waals surface area contributed by atoms with E-state index in [1.54, 1.807) is 27.8 Å². The van der Waals surface area contributed by atoms with Crippen molar-refractivity contribution in [2.45, 2.75) is 40.8 Å². The van der Waals surface area contributed by atoms with Gasteiger partial charge in [-0.05, 0) is 32.9 Å². The molecule has 0 saturated heterocycles. The van der Waals surface area contributed by atoms with Gasteiger partial charge >= 0.3 is 5.97 Å². The Labute approximate surface area is 183 Å². The Morgan fingerprint density at radius 2 is 2.00 bits per heavy atom. The summed E-state index contributed by atoms with van der Waals surface area (Å²) in [5.74, 6) is -1.39. The zero-order valence-corrected chi connectivity index (χ0v) is 18.7. The first-order valence-corrected chi connectivity index (χ1v) is 10.9. The highest BCUT2D eigenvalue weighted by molar-refractivity contribution is 7.09. The molecule has 2 heterocycles. The summed E-state index contributed by atoms with van der Waals surface area (Å²) in [5, 5.41) is 2.53. The largest absolute Gasteiger partial charge is 0.462 e. The van der Waals surface area contributed by atoms with Crippen molar-refractivity contribution in [1.29, 1.82) is 0 Å². The normalized spacial score (nSPS) is 11.0. The molecule has 0 aliphatic rings. The number of thiazole rings is 1. The summed E-state index contributed by atoms with van der Waals surface area (Å²) in [4.78, 5) is 42.7. The molecule has 0 radical (unpaired) electrons. The van der Waals surface area contributed by atoms with Crippen LogP contribution in [0.5, 0.6) is 0 Å². The number of nitrogens with zero attached hydrogens (tertiary/aromatic N) is 3. The van der Waals surface area contributed by atoms with Gasteiger partial charge in [0, 0.05) is 42.5 Å². The third-order valence-electron chi connectivity index (χ3n) is 4.99. The Morgan fingerprint density at radius 3 is 2.61 bits per heavy atom. The van der Waals surface area contributed by atoms with Crippen LogP contribution in [0.15, 0.2) is 28.5 Å². The Hall–Kier alpha value is -3.07. The lowest BCUT2D eigenvalue weighted by Gasteiger charge is -2.16. The van der Waals surface area contributed by atoms with Gasteiger partial charge in [0.1, 0.15) is 16.4 Å². The molecule has 164 valence electrons. The first-order chi connectivity index (χ1) is 14.8. The molecule has 0 fully saturated rings. The number of esters is 1. The average Bonchev–Trinajstić information content (AvgIpc) is 3.20. The Morgan fingerprint density at radius 1 is 1.26 bits per heavy atom. The van der Waals surface area contributed by atoms with Crippen LogP contribution >= 0.6 is 11.3 Å². The van der Waals surface area contributed by atoms with Gasteiger partial charge in [0.2, 0.25) is 11.3 Å². The standard InChI is InChI=1S/C22H24FN3O4S/c1-5-25(13(4)27)11-20-24-18(12-31-20)14-9-19-15(8-17(14)23)21(28)16(10-26(19)6-2)22(29)30-7-3/h8-10,12H,5-7,11H2,1-4H3. The quantitative estimate of drug-likeness (QED) is 0.517. The van der Waals surface area contributed by atoms with Crippen LogP contribution in [-0.2, 0) is 22.6 Å². The summed E-state index contributed by atoms with van der Waals surface area (Å²) in [6, 6.07) is 2.72. The van der Waals surface area contributed by atoms with Gasteiger partial charge in [0.05, 0.1) is 24.4 Å². The van der Waals surface area contributed by atoms with Crippen LogP contribution in [0.4, 0.5) is 4.39 Å². The van der Waals surface area contributed by atoms with Crippen molar-refractivity contribution in [1.82, 2.24) is 14.5 Å². The van der Waals surface area contributed by atoms with E-state index in [2.05, 4.69) is 4.98 Å². The minimum Gasteiger partial charge on any atom is -0.462 e. The SMILES string of the molecule is CCOC(=O)c1cn(CC)c2cc(-c3csc(CN(CC)C(C)=O)n3)c(F)cc2c1=O. The predicted molar refractivity (Wildman–Crippen MR) is 118 cm³/mol. The third-order valence-corrected chi connectivity index (χ3v) is 5.82. The summed E-state index contributed by atoms with van der Waals surface area (Å²) < 4.78 is 21.7. The number of aryl methyl sites for hydroxylation is 1. The van der Waals surface area contributed by atoms with Crippen LogP contribution in [0.3, 0.4) is 0 Å². The summed E-state index contributed by atoms with van der Waals surface area (Å²) in [5.41, 5.74) is 0.506. The first-order valence-electron chi connectivity index (χ1n) is 10.0. The van der Waals surface area contributed by atoms with E-state index in [1.165, 1.54) is 24.5 Å². The summed E-state index contributed by atoms with van der Waals surface area (Å²) >= 11 is 1.34. The van der Waals surface area contributed by atoms with E-state index in [0.717, 1.165) is 6.07 Å². The van der Waals surface area contributed by atoms with Crippen molar-refractivity contribution in [2.75, 3.05) is 13.2 Å². The van der Waals surface area contributed by atoms with E-state index in [1.807, 2.05) is 13.8 Å². The summed E-state index contributed by atoms with van der Waals surface area (Å²) in [6.45, 7) is 8.42. The van der Waals surface area contributed by atoms with Crippen molar-refractivity contribution in [3.8, 4) is 11.3 Å². The Balaban J connectivity index is 2.09. The molecule has 0 spiro atoms. The Kier molecular flexibility index (Phi) is 6.84. The maximum atomic E-state index is 15.0. The maximum absolute atomic E-state index is 15.0. The third kappa shape index (κ3) is 4.51. The molecule has 1 aromatic carbocycles. The molecule has 31 heavy (non-hydrogen) atoms. The lowest BCUT2D eigenvalue weighted by molar-refractivity contribution is -0.129. The number of pyridine rings is 1. The van der Waals surface area contributed by atoms with Gasteiger partial charge in [-0.15, -0.1) is 11.3 Å². The van der Waals surface area contributed by atoms with Gasteiger partial charge in [0.15, 0.2) is 0 Å². The number of carbonyl (C=O) groups is 2. The monoisotopic (exact) mass is 445 g/mol. The zero-order valence-electron chi connectivity index (χ0n) is 17.9. The molecule has 0 saturated carbocycles. The van der Waals surface area contributed by atoms with Gasteiger partial charge < -0.3 is 14.2 Å². The lowest BCUT2D eigenvalue weighted by atomic mass is 10.1. The average molecular weight is 446 g/mol. The minimum absolute atomic E-state index is 0.0551. The van der Waals surface area contributed by atoms with E-state index < -0.39 is 17.2 Å². The molecular formula is C22H24FN3O4S. The lowest BCUT2D eigenvalue weighted by Crippen LogP contribution is -2.27. The number of rotatable bonds is 7. The molecule has 7 nitrogen and oxygen atoms in total. The first kappa shape index (κ1) is 22.6. The highest BCUT2D eigenvalue weighted by atomic mass is 32.1. The second-order valence-electron chi connectivity index (χ2n) is 6.89. The van der Waals surface area contributed by atoms with Gasteiger partial charge in [-0.1, -0.05) is 0 Å². The maximum Gasteiger partial charge on any atom is 0.343 e. The number of benzene rings is 1. The molecule has 0 atom stereocenters. The van der Waals surface area contributed by atoms with Crippen LogP contribution < -0.4 is 5.43 Å². The molecule has 0 aliphatic heterocycles. The molecule has 0 bridgehead atoms. The zero-order chi connectivity index (χ0) is 22.7. The van der Waals surface area contributed by atoms with Crippen molar-refractivity contribution >= 4 is 34.1 Å². The summed E-state index contributed by atoms with van der Waals surface area (Å²) in [6.07, 6.45) is 1.45. The molecule has 0 aliphatic carbocycles. The minimum atomic E-state index is -0.726. The van der Waals surface area contributed by atoms with Crippen LogP contribution in [-0.4, -0.2) is 39.5 Å². The topological polar surface area (TPSA) is 81.5 Å². The van der Waals surface area contributed by atoms with E-state index in [0.29, 0.717) is 35.9 Å². The van der Waals surface area contributed by atoms with Gasteiger partial charge in [-0.25, -0.2) is 14.2 Å². The number of hydrogen-bond acceptors (Lipinski definition) is 6. The number of halogens is 1. The van der Waals surface area contributed by atoms with Gasteiger partial charge in [-0.2, -0.15) is 0 Å². The second-order valence-corrected chi connectivity index (χ2v) is 7.83. The van der Waals surface area contributed by atoms with Gasteiger partial charge in [0.25, 0.3) is 0 Å². The van der Waals surface area contributed by atoms with E-state index >= 15 is 4.39 Å². The summed E-state index contributed by atoms with van der Waals surface area (Å²) in [7, 11) is 0. The molecule has 3 aromatic rings. The highest BCUT2D eigenvalue weighted by Gasteiger charge is 2.20. The fourth-order valence-corrected chi connectivity index (χ4v) is 4.15. The van der Waals surface area contributed by atoms with Crippen LogP contribution in [0.2, 0.25) is 0 Å². The molecule has 9 heteroatoms. The van der Waals surface area contributed by atoms with Crippen molar-refractivity contribution in [3.63, 3.8) is 0 Å². The van der Waals surface area contributed by atoms with Gasteiger partial charge in [-0.3, -0.25) is 9.59 Å². The molecule has 2 aromatic heterocycles. The second kappa shape index (κ2) is 9.38. The van der Waals surface area contributed by atoms with E-state index in [-0.39, 0.29) is 29.0 Å². The molecule has 1 amide bonds. The fraction of sp³-hybridized carbons (Fsp3) is 0.364. The number of ether oxygens (including phenoxy) is 1. The van der Waals surface area contributed by atoms with E-state index in [9.17, 15) is 14.4 Å². The number of amides is 1. The number of fused-ring (bicyclic) bond motifs is 1. The van der Waals surface area contributed by atoms with Crippen molar-refractivity contribution in [2.24, 2.45) is 0 Å². The van der Waals surface area contributed by atoms with Crippen LogP contribution in [0.25, 0.3) is 22.2 Å². The number of aromatic nitrogens is 2. The fourth-order valence-electron chi connectivity index (χ4n) is 3.34. The van der Waals surface area contributed by atoms with Crippen LogP contribution in [0.1, 0.15) is 43.1 Å². The molecular weight excluding hydrogens is 421 g/mol. The predicted octanol–water partition coefficient (Wildman–Crippen LogP) is 3.83. The Bertz CT molecular complexity index is 1200. The van der Waals surface area contributed by atoms with Crippen molar-refractivity contribution in [3.05, 3.63) is 50.3 Å². The van der Waals surface area contributed by atoms with Crippen LogP contribution in [0, 0.1) is 5.82 Å². The molecule has 0 unspecified atom stereocenters. The smallest absolute Gasteiger partial charge is 0.343 e. The highest BCUT2D eigenvalue weighted by Crippen LogP contribution is 2.29. The molecule has 3 rings (SSSR count). The number of hydrogen-bond donors (Lipinski definition) is 0. The molecule has 0 N–H and O–H groups in total. The number of carbonyl (C=O) groups excluding carboxylic acids is 2. The van der Waals surface area contributed by atoms with E-state index in [4.69, 9.17) is 4.74 Å². The van der Waals surface area contributed by atoms with Crippen molar-refractivity contribution < 1.29 is 18.7 Å².